The quantitative estimate of drug-likeness (QED) is 0.629. The fraction of sp³-hybridized carbons (Fsp3) is 0.182. The molecule has 7 heteroatoms. The Labute approximate surface area is 121 Å². The van der Waals surface area contributed by atoms with Gasteiger partial charge in [0.15, 0.2) is 5.82 Å². The summed E-state index contributed by atoms with van der Waals surface area (Å²) in [5.41, 5.74) is 1.92. The molecule has 0 saturated heterocycles. The van der Waals surface area contributed by atoms with Gasteiger partial charge in [-0.2, -0.15) is 10.1 Å². The third kappa shape index (κ3) is 1.75. The van der Waals surface area contributed by atoms with Crippen molar-refractivity contribution in [2.24, 2.45) is 0 Å². The van der Waals surface area contributed by atoms with Crippen molar-refractivity contribution in [1.82, 2.24) is 19.7 Å². The SMILES string of the molecule is Cc1nn(-c2nc(Cl)nc3sccc23)c(C)c1Br. The maximum atomic E-state index is 5.96. The van der Waals surface area contributed by atoms with Gasteiger partial charge in [-0.25, -0.2) is 9.67 Å². The molecule has 18 heavy (non-hydrogen) atoms. The van der Waals surface area contributed by atoms with Gasteiger partial charge in [-0.1, -0.05) is 0 Å². The van der Waals surface area contributed by atoms with Crippen LogP contribution in [-0.2, 0) is 0 Å². The Bertz CT molecular complexity index is 749. The van der Waals surface area contributed by atoms with Gasteiger partial charge in [0.05, 0.1) is 21.2 Å². The Morgan fingerprint density at radius 2 is 2.11 bits per heavy atom. The van der Waals surface area contributed by atoms with E-state index in [9.17, 15) is 0 Å². The van der Waals surface area contributed by atoms with Gasteiger partial charge in [0.1, 0.15) is 4.83 Å². The molecular weight excluding hydrogens is 336 g/mol. The Morgan fingerprint density at radius 3 is 2.78 bits per heavy atom. The first-order valence-electron chi connectivity index (χ1n) is 5.21. The lowest BCUT2D eigenvalue weighted by molar-refractivity contribution is 0.810. The molecule has 0 radical (unpaired) electrons. The van der Waals surface area contributed by atoms with Gasteiger partial charge in [0.25, 0.3) is 0 Å². The molecule has 92 valence electrons. The first-order valence-corrected chi connectivity index (χ1v) is 7.26. The highest BCUT2D eigenvalue weighted by molar-refractivity contribution is 9.10. The zero-order valence-corrected chi connectivity index (χ0v) is 12.8. The highest BCUT2D eigenvalue weighted by atomic mass is 79.9. The van der Waals surface area contributed by atoms with Gasteiger partial charge in [-0.15, -0.1) is 11.3 Å². The summed E-state index contributed by atoms with van der Waals surface area (Å²) in [5.74, 6) is 0.720. The van der Waals surface area contributed by atoms with Crippen LogP contribution in [0.1, 0.15) is 11.4 Å². The molecule has 3 rings (SSSR count). The molecule has 4 nitrogen and oxygen atoms in total. The van der Waals surface area contributed by atoms with Crippen molar-refractivity contribution in [3.8, 4) is 5.82 Å². The third-order valence-corrected chi connectivity index (χ3v) is 4.80. The Morgan fingerprint density at radius 1 is 1.33 bits per heavy atom. The van der Waals surface area contributed by atoms with Gasteiger partial charge < -0.3 is 0 Å². The summed E-state index contributed by atoms with van der Waals surface area (Å²) in [6.07, 6.45) is 0. The second-order valence-electron chi connectivity index (χ2n) is 3.85. The van der Waals surface area contributed by atoms with E-state index in [0.29, 0.717) is 0 Å². The minimum absolute atomic E-state index is 0.239. The van der Waals surface area contributed by atoms with E-state index in [1.807, 2.05) is 25.3 Å². The number of halogens is 2. The lowest BCUT2D eigenvalue weighted by Gasteiger charge is -2.05. The predicted octanol–water partition coefficient (Wildman–Crippen LogP) is 3.91. The molecule has 0 N–H and O–H groups in total. The van der Waals surface area contributed by atoms with E-state index in [0.717, 1.165) is 31.9 Å². The zero-order valence-electron chi connectivity index (χ0n) is 9.61. The van der Waals surface area contributed by atoms with E-state index in [-0.39, 0.29) is 5.28 Å². The maximum absolute atomic E-state index is 5.96. The van der Waals surface area contributed by atoms with Crippen molar-refractivity contribution < 1.29 is 0 Å². The second-order valence-corrected chi connectivity index (χ2v) is 5.88. The lowest BCUT2D eigenvalue weighted by atomic mass is 10.3. The average molecular weight is 344 g/mol. The number of hydrogen-bond acceptors (Lipinski definition) is 4. The van der Waals surface area contributed by atoms with E-state index in [1.165, 1.54) is 11.3 Å². The summed E-state index contributed by atoms with van der Waals surface area (Å²) in [7, 11) is 0. The largest absolute Gasteiger partial charge is 0.225 e. The summed E-state index contributed by atoms with van der Waals surface area (Å²) in [6.45, 7) is 3.93. The molecule has 0 atom stereocenters. The number of nitrogens with zero attached hydrogens (tertiary/aromatic N) is 4. The van der Waals surface area contributed by atoms with Crippen molar-refractivity contribution in [2.75, 3.05) is 0 Å². The first kappa shape index (κ1) is 12.1. The standard InChI is InChI=1S/C11H8BrClN4S/c1-5-8(12)6(2)17(16-5)9-7-3-4-18-10(7)15-11(13)14-9/h3-4H,1-2H3. The van der Waals surface area contributed by atoms with Crippen LogP contribution < -0.4 is 0 Å². The molecule has 3 aromatic rings. The van der Waals surface area contributed by atoms with Gasteiger partial charge in [0, 0.05) is 0 Å². The number of aryl methyl sites for hydroxylation is 1. The van der Waals surface area contributed by atoms with E-state index in [1.54, 1.807) is 4.68 Å². The molecule has 0 fully saturated rings. The monoisotopic (exact) mass is 342 g/mol. The number of rotatable bonds is 1. The minimum Gasteiger partial charge on any atom is -0.218 e. The molecule has 0 unspecified atom stereocenters. The van der Waals surface area contributed by atoms with Crippen molar-refractivity contribution >= 4 is 49.1 Å². The van der Waals surface area contributed by atoms with Crippen LogP contribution in [0.15, 0.2) is 15.9 Å². The smallest absolute Gasteiger partial charge is 0.218 e. The van der Waals surface area contributed by atoms with Gasteiger partial charge in [0.2, 0.25) is 5.28 Å². The summed E-state index contributed by atoms with van der Waals surface area (Å²) in [4.78, 5) is 9.37. The molecule has 0 aliphatic carbocycles. The van der Waals surface area contributed by atoms with Crippen LogP contribution >= 0.6 is 38.9 Å². The summed E-state index contributed by atoms with van der Waals surface area (Å²) in [5, 5.41) is 7.65. The number of hydrogen-bond donors (Lipinski definition) is 0. The summed E-state index contributed by atoms with van der Waals surface area (Å²) >= 11 is 11.0. The molecule has 0 aliphatic heterocycles. The second kappa shape index (κ2) is 4.29. The first-order chi connectivity index (χ1) is 8.58. The Kier molecular flexibility index (Phi) is 2.88. The van der Waals surface area contributed by atoms with Crippen LogP contribution in [0.4, 0.5) is 0 Å². The normalized spacial score (nSPS) is 11.3. The van der Waals surface area contributed by atoms with Crippen LogP contribution in [0.3, 0.4) is 0 Å². The Hall–Kier alpha value is -0.980. The molecular formula is C11H8BrClN4S. The van der Waals surface area contributed by atoms with Gasteiger partial charge >= 0.3 is 0 Å². The third-order valence-electron chi connectivity index (χ3n) is 2.68. The summed E-state index contributed by atoms with van der Waals surface area (Å²) in [6, 6.07) is 1.98. The summed E-state index contributed by atoms with van der Waals surface area (Å²) < 4.78 is 2.78. The molecule has 3 aromatic heterocycles. The molecule has 0 aliphatic rings. The van der Waals surface area contributed by atoms with Crippen molar-refractivity contribution in [1.29, 1.82) is 0 Å². The van der Waals surface area contributed by atoms with Crippen LogP contribution in [0.25, 0.3) is 16.0 Å². The van der Waals surface area contributed by atoms with E-state index in [4.69, 9.17) is 11.6 Å². The van der Waals surface area contributed by atoms with E-state index in [2.05, 4.69) is 31.0 Å². The molecule has 0 amide bonds. The number of fused-ring (bicyclic) bond motifs is 1. The predicted molar refractivity (Wildman–Crippen MR) is 76.7 cm³/mol. The fourth-order valence-electron chi connectivity index (χ4n) is 1.81. The lowest BCUT2D eigenvalue weighted by Crippen LogP contribution is -2.03. The highest BCUT2D eigenvalue weighted by Gasteiger charge is 2.15. The Balaban J connectivity index is 2.37. The average Bonchev–Trinajstić information content (AvgIpc) is 2.88. The molecule has 0 bridgehead atoms. The zero-order chi connectivity index (χ0) is 12.9. The molecule has 0 saturated carbocycles. The van der Waals surface area contributed by atoms with Crippen LogP contribution in [-0.4, -0.2) is 19.7 Å². The topological polar surface area (TPSA) is 43.6 Å². The van der Waals surface area contributed by atoms with Crippen LogP contribution in [0, 0.1) is 13.8 Å². The van der Waals surface area contributed by atoms with Crippen LogP contribution in [0.5, 0.6) is 0 Å². The van der Waals surface area contributed by atoms with Crippen LogP contribution in [0.2, 0.25) is 5.28 Å². The van der Waals surface area contributed by atoms with Crippen molar-refractivity contribution in [3.63, 3.8) is 0 Å². The molecule has 3 heterocycles. The van der Waals surface area contributed by atoms with Gasteiger partial charge in [-0.3, -0.25) is 0 Å². The maximum Gasteiger partial charge on any atom is 0.225 e. The van der Waals surface area contributed by atoms with E-state index < -0.39 is 0 Å². The van der Waals surface area contributed by atoms with Gasteiger partial charge in [-0.05, 0) is 52.8 Å². The highest BCUT2D eigenvalue weighted by Crippen LogP contribution is 2.28. The van der Waals surface area contributed by atoms with Crippen molar-refractivity contribution in [2.45, 2.75) is 13.8 Å². The van der Waals surface area contributed by atoms with E-state index >= 15 is 0 Å². The fourth-order valence-corrected chi connectivity index (χ4v) is 3.03. The minimum atomic E-state index is 0.239. The molecule has 0 spiro atoms. The number of aromatic nitrogens is 4. The molecule has 0 aromatic carbocycles. The number of thiophene rings is 1. The van der Waals surface area contributed by atoms with Crippen molar-refractivity contribution in [3.05, 3.63) is 32.6 Å².